The number of carbonyl (C=O) groups is 1. The lowest BCUT2D eigenvalue weighted by Gasteiger charge is -2.03. The molecule has 0 aliphatic carbocycles. The second-order valence-electron chi connectivity index (χ2n) is 4.36. The first kappa shape index (κ1) is 11.5. The molecule has 94 valence electrons. The fourth-order valence-electron chi connectivity index (χ4n) is 2.05. The van der Waals surface area contributed by atoms with Gasteiger partial charge in [0.2, 0.25) is 0 Å². The smallest absolute Gasteiger partial charge is 0.183 e. The van der Waals surface area contributed by atoms with E-state index in [4.69, 9.17) is 0 Å². The summed E-state index contributed by atoms with van der Waals surface area (Å²) in [5.74, 6) is -0.0128. The Morgan fingerprint density at radius 2 is 1.95 bits per heavy atom. The Bertz CT molecular complexity index is 762. The molecular formula is C14H12N4O. The van der Waals surface area contributed by atoms with Gasteiger partial charge in [-0.2, -0.15) is 4.68 Å². The molecule has 0 saturated carbocycles. The normalized spacial score (nSPS) is 10.8. The SMILES string of the molecule is CC(=O)c1cc2nnn(-c3ccccc3)c2nc1C. The van der Waals surface area contributed by atoms with Crippen molar-refractivity contribution in [1.29, 1.82) is 0 Å². The van der Waals surface area contributed by atoms with E-state index >= 15 is 0 Å². The van der Waals surface area contributed by atoms with Gasteiger partial charge in [-0.25, -0.2) is 4.98 Å². The lowest BCUT2D eigenvalue weighted by Crippen LogP contribution is -2.02. The van der Waals surface area contributed by atoms with Crippen LogP contribution in [0.1, 0.15) is 23.0 Å². The Balaban J connectivity index is 2.25. The van der Waals surface area contributed by atoms with E-state index < -0.39 is 0 Å². The largest absolute Gasteiger partial charge is 0.294 e. The Morgan fingerprint density at radius 1 is 1.21 bits per heavy atom. The molecule has 0 atom stereocenters. The second-order valence-corrected chi connectivity index (χ2v) is 4.36. The number of hydrogen-bond acceptors (Lipinski definition) is 4. The number of pyridine rings is 1. The summed E-state index contributed by atoms with van der Waals surface area (Å²) in [7, 11) is 0. The van der Waals surface area contributed by atoms with Gasteiger partial charge >= 0.3 is 0 Å². The lowest BCUT2D eigenvalue weighted by atomic mass is 10.1. The first-order valence-electron chi connectivity index (χ1n) is 5.96. The number of carbonyl (C=O) groups excluding carboxylic acids is 1. The van der Waals surface area contributed by atoms with Crippen LogP contribution in [-0.4, -0.2) is 25.8 Å². The average Bonchev–Trinajstić information content (AvgIpc) is 2.81. The number of benzene rings is 1. The predicted molar refractivity (Wildman–Crippen MR) is 71.4 cm³/mol. The molecule has 0 unspecified atom stereocenters. The number of fused-ring (bicyclic) bond motifs is 1. The topological polar surface area (TPSA) is 60.7 Å². The third kappa shape index (κ3) is 1.89. The summed E-state index contributed by atoms with van der Waals surface area (Å²) in [4.78, 5) is 15.9. The quantitative estimate of drug-likeness (QED) is 0.657. The van der Waals surface area contributed by atoms with Gasteiger partial charge in [0.25, 0.3) is 0 Å². The number of aryl methyl sites for hydroxylation is 1. The number of hydrogen-bond donors (Lipinski definition) is 0. The number of rotatable bonds is 2. The monoisotopic (exact) mass is 252 g/mol. The molecule has 0 amide bonds. The molecule has 0 radical (unpaired) electrons. The molecule has 0 spiro atoms. The van der Waals surface area contributed by atoms with E-state index in [9.17, 15) is 4.79 Å². The molecule has 0 aliphatic heterocycles. The van der Waals surface area contributed by atoms with E-state index in [0.29, 0.717) is 22.4 Å². The van der Waals surface area contributed by atoms with Gasteiger partial charge in [-0.3, -0.25) is 4.79 Å². The standard InChI is InChI=1S/C14H12N4O/c1-9-12(10(2)19)8-13-14(15-9)18(17-16-13)11-6-4-3-5-7-11/h3-8H,1-2H3. The van der Waals surface area contributed by atoms with Crippen LogP contribution in [0, 0.1) is 6.92 Å². The van der Waals surface area contributed by atoms with Gasteiger partial charge in [0, 0.05) is 5.56 Å². The zero-order valence-corrected chi connectivity index (χ0v) is 10.7. The van der Waals surface area contributed by atoms with Crippen LogP contribution in [0.5, 0.6) is 0 Å². The molecule has 0 fully saturated rings. The van der Waals surface area contributed by atoms with Gasteiger partial charge in [-0.1, -0.05) is 23.4 Å². The van der Waals surface area contributed by atoms with Crippen molar-refractivity contribution in [3.63, 3.8) is 0 Å². The maximum atomic E-state index is 11.5. The molecule has 0 bridgehead atoms. The van der Waals surface area contributed by atoms with Crippen LogP contribution in [0.25, 0.3) is 16.9 Å². The van der Waals surface area contributed by atoms with Crippen LogP contribution >= 0.6 is 0 Å². The summed E-state index contributed by atoms with van der Waals surface area (Å²) in [5, 5.41) is 8.18. The van der Waals surface area contributed by atoms with E-state index in [1.165, 1.54) is 6.92 Å². The molecule has 5 heteroatoms. The maximum absolute atomic E-state index is 11.5. The van der Waals surface area contributed by atoms with Crippen molar-refractivity contribution in [1.82, 2.24) is 20.0 Å². The van der Waals surface area contributed by atoms with Crippen LogP contribution in [0.3, 0.4) is 0 Å². The fraction of sp³-hybridized carbons (Fsp3) is 0.143. The van der Waals surface area contributed by atoms with Crippen LogP contribution in [0.4, 0.5) is 0 Å². The highest BCUT2D eigenvalue weighted by Gasteiger charge is 2.13. The van der Waals surface area contributed by atoms with Crippen LogP contribution in [0.15, 0.2) is 36.4 Å². The van der Waals surface area contributed by atoms with Crippen molar-refractivity contribution in [3.8, 4) is 5.69 Å². The molecule has 5 nitrogen and oxygen atoms in total. The molecule has 2 aromatic heterocycles. The third-order valence-electron chi connectivity index (χ3n) is 3.00. The summed E-state index contributed by atoms with van der Waals surface area (Å²) in [6, 6.07) is 11.4. The zero-order valence-electron chi connectivity index (χ0n) is 10.7. The Labute approximate surface area is 109 Å². The second kappa shape index (κ2) is 4.28. The molecule has 3 aromatic rings. The molecule has 0 saturated heterocycles. The van der Waals surface area contributed by atoms with Crippen molar-refractivity contribution in [2.75, 3.05) is 0 Å². The van der Waals surface area contributed by atoms with Crippen molar-refractivity contribution >= 4 is 16.9 Å². The number of aromatic nitrogens is 4. The average molecular weight is 252 g/mol. The molecule has 0 aliphatic rings. The van der Waals surface area contributed by atoms with Crippen molar-refractivity contribution in [2.24, 2.45) is 0 Å². The summed E-state index contributed by atoms with van der Waals surface area (Å²) < 4.78 is 1.67. The van der Waals surface area contributed by atoms with E-state index in [0.717, 1.165) is 5.69 Å². The molecular weight excluding hydrogens is 240 g/mol. The van der Waals surface area contributed by atoms with E-state index in [1.54, 1.807) is 10.7 Å². The molecule has 3 rings (SSSR count). The number of ketones is 1. The van der Waals surface area contributed by atoms with Crippen molar-refractivity contribution in [2.45, 2.75) is 13.8 Å². The van der Waals surface area contributed by atoms with E-state index in [1.807, 2.05) is 37.3 Å². The number of nitrogens with zero attached hydrogens (tertiary/aromatic N) is 4. The van der Waals surface area contributed by atoms with Gasteiger partial charge in [0.05, 0.1) is 11.4 Å². The van der Waals surface area contributed by atoms with Crippen LogP contribution < -0.4 is 0 Å². The molecule has 19 heavy (non-hydrogen) atoms. The minimum Gasteiger partial charge on any atom is -0.294 e. The Kier molecular flexibility index (Phi) is 2.59. The minimum absolute atomic E-state index is 0.0128. The van der Waals surface area contributed by atoms with Crippen molar-refractivity contribution in [3.05, 3.63) is 47.7 Å². The van der Waals surface area contributed by atoms with Gasteiger partial charge < -0.3 is 0 Å². The first-order valence-corrected chi connectivity index (χ1v) is 5.96. The van der Waals surface area contributed by atoms with Gasteiger partial charge in [0.15, 0.2) is 11.4 Å². The predicted octanol–water partition coefficient (Wildman–Crippen LogP) is 2.33. The fourth-order valence-corrected chi connectivity index (χ4v) is 2.05. The Morgan fingerprint density at radius 3 is 2.63 bits per heavy atom. The van der Waals surface area contributed by atoms with E-state index in [2.05, 4.69) is 15.3 Å². The highest BCUT2D eigenvalue weighted by Crippen LogP contribution is 2.17. The number of para-hydroxylation sites is 1. The van der Waals surface area contributed by atoms with Crippen LogP contribution in [-0.2, 0) is 0 Å². The highest BCUT2D eigenvalue weighted by atomic mass is 16.1. The van der Waals surface area contributed by atoms with Gasteiger partial charge in [0.1, 0.15) is 5.52 Å². The van der Waals surface area contributed by atoms with Gasteiger partial charge in [-0.15, -0.1) is 5.10 Å². The highest BCUT2D eigenvalue weighted by molar-refractivity contribution is 5.97. The maximum Gasteiger partial charge on any atom is 0.183 e. The van der Waals surface area contributed by atoms with E-state index in [-0.39, 0.29) is 5.78 Å². The van der Waals surface area contributed by atoms with Gasteiger partial charge in [-0.05, 0) is 32.0 Å². The minimum atomic E-state index is -0.0128. The molecule has 2 heterocycles. The molecule has 1 aromatic carbocycles. The van der Waals surface area contributed by atoms with Crippen LogP contribution in [0.2, 0.25) is 0 Å². The summed E-state index contributed by atoms with van der Waals surface area (Å²) >= 11 is 0. The summed E-state index contributed by atoms with van der Waals surface area (Å²) in [5.41, 5.74) is 3.47. The van der Waals surface area contributed by atoms with Crippen molar-refractivity contribution < 1.29 is 4.79 Å². The summed E-state index contributed by atoms with van der Waals surface area (Å²) in [6.07, 6.45) is 0. The third-order valence-corrected chi connectivity index (χ3v) is 3.00. The number of Topliss-reactive ketones (excluding diaryl/α,β-unsaturated/α-hetero) is 1. The first-order chi connectivity index (χ1) is 9.16. The lowest BCUT2D eigenvalue weighted by molar-refractivity contribution is 0.101. The molecule has 0 N–H and O–H groups in total. The summed E-state index contributed by atoms with van der Waals surface area (Å²) in [6.45, 7) is 3.34. The Hall–Kier alpha value is -2.56. The zero-order chi connectivity index (χ0) is 13.4.